The van der Waals surface area contributed by atoms with E-state index in [1.165, 1.54) is 38.5 Å². The molecule has 0 heteroatoms. The van der Waals surface area contributed by atoms with E-state index >= 15 is 0 Å². The molecule has 0 saturated heterocycles. The summed E-state index contributed by atoms with van der Waals surface area (Å²) in [6.07, 6.45) is 10.5. The SMILES string of the molecule is C=CCCCCC1CC1CC(C)C. The van der Waals surface area contributed by atoms with E-state index in [4.69, 9.17) is 0 Å². The van der Waals surface area contributed by atoms with Gasteiger partial charge < -0.3 is 0 Å². The maximum atomic E-state index is 3.75. The molecule has 13 heavy (non-hydrogen) atoms. The van der Waals surface area contributed by atoms with Crippen molar-refractivity contribution in [1.82, 2.24) is 0 Å². The minimum Gasteiger partial charge on any atom is -0.103 e. The first-order valence-corrected chi connectivity index (χ1v) is 5.85. The molecule has 0 aliphatic heterocycles. The van der Waals surface area contributed by atoms with Crippen molar-refractivity contribution >= 4 is 0 Å². The Bertz CT molecular complexity index is 146. The number of hydrogen-bond donors (Lipinski definition) is 0. The van der Waals surface area contributed by atoms with Gasteiger partial charge in [-0.15, -0.1) is 6.58 Å². The van der Waals surface area contributed by atoms with Gasteiger partial charge in [0.15, 0.2) is 0 Å². The lowest BCUT2D eigenvalue weighted by molar-refractivity contribution is 0.493. The Morgan fingerprint density at radius 1 is 1.31 bits per heavy atom. The van der Waals surface area contributed by atoms with E-state index < -0.39 is 0 Å². The van der Waals surface area contributed by atoms with Gasteiger partial charge in [0, 0.05) is 0 Å². The zero-order valence-corrected chi connectivity index (χ0v) is 9.26. The van der Waals surface area contributed by atoms with Gasteiger partial charge in [-0.3, -0.25) is 0 Å². The van der Waals surface area contributed by atoms with Crippen LogP contribution in [0.1, 0.15) is 52.4 Å². The lowest BCUT2D eigenvalue weighted by Crippen LogP contribution is -1.91. The topological polar surface area (TPSA) is 0 Å². The first-order chi connectivity index (χ1) is 6.24. The molecule has 0 spiro atoms. The largest absolute Gasteiger partial charge is 0.103 e. The van der Waals surface area contributed by atoms with Crippen LogP contribution in [0.5, 0.6) is 0 Å². The maximum Gasteiger partial charge on any atom is -0.0353 e. The molecule has 1 saturated carbocycles. The van der Waals surface area contributed by atoms with Crippen LogP contribution in [0.25, 0.3) is 0 Å². The molecule has 0 bridgehead atoms. The van der Waals surface area contributed by atoms with Gasteiger partial charge in [0.2, 0.25) is 0 Å². The van der Waals surface area contributed by atoms with Crippen LogP contribution in [0.4, 0.5) is 0 Å². The zero-order valence-electron chi connectivity index (χ0n) is 9.26. The van der Waals surface area contributed by atoms with Crippen LogP contribution in [0.3, 0.4) is 0 Å². The highest BCUT2D eigenvalue weighted by Gasteiger charge is 2.35. The predicted molar refractivity (Wildman–Crippen MR) is 59.7 cm³/mol. The van der Waals surface area contributed by atoms with Gasteiger partial charge >= 0.3 is 0 Å². The van der Waals surface area contributed by atoms with Crippen LogP contribution in [-0.2, 0) is 0 Å². The molecular weight excluding hydrogens is 156 g/mol. The molecule has 0 amide bonds. The summed E-state index contributed by atoms with van der Waals surface area (Å²) in [7, 11) is 0. The van der Waals surface area contributed by atoms with Crippen LogP contribution in [0.2, 0.25) is 0 Å². The molecule has 0 N–H and O–H groups in total. The molecule has 76 valence electrons. The number of hydrogen-bond acceptors (Lipinski definition) is 0. The third-order valence-corrected chi connectivity index (χ3v) is 3.08. The molecule has 0 heterocycles. The van der Waals surface area contributed by atoms with E-state index in [0.717, 1.165) is 17.8 Å². The molecule has 0 aromatic heterocycles. The standard InChI is InChI=1S/C13H24/c1-4-5-6-7-8-12-10-13(12)9-11(2)3/h4,11-13H,1,5-10H2,2-3H3. The molecule has 1 aliphatic carbocycles. The first-order valence-electron chi connectivity index (χ1n) is 5.85. The molecule has 1 aliphatic rings. The second-order valence-corrected chi connectivity index (χ2v) is 4.96. The van der Waals surface area contributed by atoms with Gasteiger partial charge in [-0.05, 0) is 43.4 Å². The normalized spacial score (nSPS) is 26.4. The van der Waals surface area contributed by atoms with Crippen LogP contribution in [0.15, 0.2) is 12.7 Å². The highest BCUT2D eigenvalue weighted by atomic mass is 14.4. The third kappa shape index (κ3) is 4.50. The van der Waals surface area contributed by atoms with E-state index in [9.17, 15) is 0 Å². The molecule has 0 radical (unpaired) electrons. The molecule has 2 unspecified atom stereocenters. The van der Waals surface area contributed by atoms with Crippen molar-refractivity contribution in [3.63, 3.8) is 0 Å². The summed E-state index contributed by atoms with van der Waals surface area (Å²) in [6.45, 7) is 8.43. The monoisotopic (exact) mass is 180 g/mol. The maximum absolute atomic E-state index is 3.75. The summed E-state index contributed by atoms with van der Waals surface area (Å²) >= 11 is 0. The van der Waals surface area contributed by atoms with E-state index in [2.05, 4.69) is 20.4 Å². The summed E-state index contributed by atoms with van der Waals surface area (Å²) < 4.78 is 0. The Morgan fingerprint density at radius 2 is 2.08 bits per heavy atom. The van der Waals surface area contributed by atoms with Crippen LogP contribution in [-0.4, -0.2) is 0 Å². The van der Waals surface area contributed by atoms with Crippen molar-refractivity contribution in [1.29, 1.82) is 0 Å². The molecule has 0 aromatic carbocycles. The van der Waals surface area contributed by atoms with Crippen LogP contribution < -0.4 is 0 Å². The average molecular weight is 180 g/mol. The average Bonchev–Trinajstić information content (AvgIpc) is 2.76. The van der Waals surface area contributed by atoms with Crippen molar-refractivity contribution in [2.45, 2.75) is 52.4 Å². The first kappa shape index (κ1) is 10.8. The van der Waals surface area contributed by atoms with Gasteiger partial charge in [-0.25, -0.2) is 0 Å². The van der Waals surface area contributed by atoms with Gasteiger partial charge in [0.05, 0.1) is 0 Å². The summed E-state index contributed by atoms with van der Waals surface area (Å²) in [4.78, 5) is 0. The van der Waals surface area contributed by atoms with E-state index in [1.54, 1.807) is 0 Å². The molecular formula is C13H24. The third-order valence-electron chi connectivity index (χ3n) is 3.08. The molecule has 0 aromatic rings. The fraction of sp³-hybridized carbons (Fsp3) is 0.846. The van der Waals surface area contributed by atoms with Crippen molar-refractivity contribution < 1.29 is 0 Å². The number of rotatable bonds is 7. The predicted octanol–water partition coefficient (Wildman–Crippen LogP) is 4.42. The quantitative estimate of drug-likeness (QED) is 0.402. The molecule has 1 rings (SSSR count). The van der Waals surface area contributed by atoms with Gasteiger partial charge in [-0.2, -0.15) is 0 Å². The van der Waals surface area contributed by atoms with Crippen molar-refractivity contribution in [3.8, 4) is 0 Å². The van der Waals surface area contributed by atoms with Crippen molar-refractivity contribution in [3.05, 3.63) is 12.7 Å². The smallest absolute Gasteiger partial charge is 0.0353 e. The van der Waals surface area contributed by atoms with Crippen molar-refractivity contribution in [2.24, 2.45) is 17.8 Å². The Morgan fingerprint density at radius 3 is 2.69 bits per heavy atom. The molecule has 1 fully saturated rings. The van der Waals surface area contributed by atoms with Crippen molar-refractivity contribution in [2.75, 3.05) is 0 Å². The van der Waals surface area contributed by atoms with Gasteiger partial charge in [-0.1, -0.05) is 32.8 Å². The van der Waals surface area contributed by atoms with Crippen LogP contribution >= 0.6 is 0 Å². The summed E-state index contributed by atoms with van der Waals surface area (Å²) in [5.41, 5.74) is 0. The Labute approximate surface area is 83.4 Å². The van der Waals surface area contributed by atoms with Gasteiger partial charge in [0.1, 0.15) is 0 Å². The second kappa shape index (κ2) is 5.47. The fourth-order valence-corrected chi connectivity index (χ4v) is 2.25. The van der Waals surface area contributed by atoms with Gasteiger partial charge in [0.25, 0.3) is 0 Å². The van der Waals surface area contributed by atoms with E-state index in [1.807, 2.05) is 6.08 Å². The zero-order chi connectivity index (χ0) is 9.68. The Balaban J connectivity index is 1.92. The number of allylic oxidation sites excluding steroid dienone is 1. The Kier molecular flexibility index (Phi) is 4.55. The molecule has 2 atom stereocenters. The number of unbranched alkanes of at least 4 members (excludes halogenated alkanes) is 2. The van der Waals surface area contributed by atoms with Crippen LogP contribution in [0, 0.1) is 17.8 Å². The van der Waals surface area contributed by atoms with E-state index in [0.29, 0.717) is 0 Å². The molecule has 0 nitrogen and oxygen atoms in total. The highest BCUT2D eigenvalue weighted by molar-refractivity contribution is 4.86. The lowest BCUT2D eigenvalue weighted by atomic mass is 10.0. The fourth-order valence-electron chi connectivity index (χ4n) is 2.25. The lowest BCUT2D eigenvalue weighted by Gasteiger charge is -2.02. The van der Waals surface area contributed by atoms with E-state index in [-0.39, 0.29) is 0 Å². The summed E-state index contributed by atoms with van der Waals surface area (Å²) in [5, 5.41) is 0. The minimum atomic E-state index is 0.906. The minimum absolute atomic E-state index is 0.906. The highest BCUT2D eigenvalue weighted by Crippen LogP contribution is 2.46. The summed E-state index contributed by atoms with van der Waals surface area (Å²) in [5.74, 6) is 3.08. The Hall–Kier alpha value is -0.260. The summed E-state index contributed by atoms with van der Waals surface area (Å²) in [6, 6.07) is 0. The second-order valence-electron chi connectivity index (χ2n) is 4.96.